The molecule has 0 aliphatic carbocycles. The van der Waals surface area contributed by atoms with E-state index in [1.54, 1.807) is 0 Å². The third kappa shape index (κ3) is 3.95. The van der Waals surface area contributed by atoms with Crippen molar-refractivity contribution in [1.29, 1.82) is 0 Å². The summed E-state index contributed by atoms with van der Waals surface area (Å²) in [5.41, 5.74) is 4.31. The van der Waals surface area contributed by atoms with Crippen LogP contribution in [0.25, 0.3) is 0 Å². The lowest BCUT2D eigenvalue weighted by Crippen LogP contribution is -2.40. The van der Waals surface area contributed by atoms with Gasteiger partial charge in [0.15, 0.2) is 0 Å². The van der Waals surface area contributed by atoms with Gasteiger partial charge in [-0.05, 0) is 56.2 Å². The molecule has 0 bridgehead atoms. The van der Waals surface area contributed by atoms with Gasteiger partial charge >= 0.3 is 0 Å². The van der Waals surface area contributed by atoms with Crippen molar-refractivity contribution in [2.75, 3.05) is 31.2 Å². The molecule has 1 fully saturated rings. The van der Waals surface area contributed by atoms with E-state index in [1.807, 2.05) is 68.1 Å². The molecule has 0 atom stereocenters. The molecule has 0 aromatic heterocycles. The fraction of sp³-hybridized carbons (Fsp3) is 0.304. The molecular formula is C23H24N2O3S. The van der Waals surface area contributed by atoms with Gasteiger partial charge in [-0.25, -0.2) is 4.90 Å². The van der Waals surface area contributed by atoms with Crippen LogP contribution in [0.2, 0.25) is 0 Å². The van der Waals surface area contributed by atoms with E-state index in [9.17, 15) is 9.59 Å². The summed E-state index contributed by atoms with van der Waals surface area (Å²) in [7, 11) is 0. The summed E-state index contributed by atoms with van der Waals surface area (Å²) < 4.78 is 5.45. The second-order valence-corrected chi connectivity index (χ2v) is 8.57. The van der Waals surface area contributed by atoms with Crippen molar-refractivity contribution in [3.63, 3.8) is 0 Å². The average Bonchev–Trinajstić information content (AvgIpc) is 2.93. The quantitative estimate of drug-likeness (QED) is 0.720. The molecule has 2 aliphatic heterocycles. The molecule has 0 spiro atoms. The first-order valence-corrected chi connectivity index (χ1v) is 10.5. The van der Waals surface area contributed by atoms with Crippen LogP contribution in [0, 0.1) is 20.8 Å². The third-order valence-electron chi connectivity index (χ3n) is 5.05. The van der Waals surface area contributed by atoms with Gasteiger partial charge < -0.3 is 9.64 Å². The predicted octanol–water partition coefficient (Wildman–Crippen LogP) is 3.82. The zero-order valence-corrected chi connectivity index (χ0v) is 17.7. The molecule has 0 saturated carbocycles. The highest BCUT2D eigenvalue weighted by atomic mass is 32.2. The number of benzene rings is 2. The highest BCUT2D eigenvalue weighted by molar-refractivity contribution is 8.04. The normalized spacial score (nSPS) is 17.5. The molecule has 4 rings (SSSR count). The van der Waals surface area contributed by atoms with Gasteiger partial charge in [-0.1, -0.05) is 35.5 Å². The molecule has 5 nitrogen and oxygen atoms in total. The Labute approximate surface area is 175 Å². The fourth-order valence-corrected chi connectivity index (χ4v) is 4.69. The molecule has 2 aromatic carbocycles. The number of imide groups is 1. The summed E-state index contributed by atoms with van der Waals surface area (Å²) >= 11 is 1.37. The Morgan fingerprint density at radius 2 is 1.45 bits per heavy atom. The summed E-state index contributed by atoms with van der Waals surface area (Å²) in [5, 5.41) is 0. The van der Waals surface area contributed by atoms with Crippen LogP contribution in [0.3, 0.4) is 0 Å². The maximum absolute atomic E-state index is 13.4. The lowest BCUT2D eigenvalue weighted by Gasteiger charge is -2.29. The minimum atomic E-state index is -0.257. The van der Waals surface area contributed by atoms with Crippen molar-refractivity contribution in [1.82, 2.24) is 4.90 Å². The maximum atomic E-state index is 13.4. The van der Waals surface area contributed by atoms with Gasteiger partial charge in [0.1, 0.15) is 10.6 Å². The summed E-state index contributed by atoms with van der Waals surface area (Å²) in [5.74, 6) is -0.511. The van der Waals surface area contributed by atoms with Crippen LogP contribution in [0.5, 0.6) is 0 Å². The first kappa shape index (κ1) is 19.7. The first-order chi connectivity index (χ1) is 13.9. The Bertz CT molecular complexity index is 971. The van der Waals surface area contributed by atoms with E-state index in [0.717, 1.165) is 21.6 Å². The van der Waals surface area contributed by atoms with Crippen LogP contribution in [0.1, 0.15) is 16.7 Å². The molecule has 29 heavy (non-hydrogen) atoms. The zero-order valence-electron chi connectivity index (χ0n) is 16.9. The molecule has 1 saturated heterocycles. The number of carbonyl (C=O) groups is 2. The van der Waals surface area contributed by atoms with E-state index < -0.39 is 0 Å². The summed E-state index contributed by atoms with van der Waals surface area (Å²) in [4.78, 5) is 31.6. The van der Waals surface area contributed by atoms with Crippen molar-refractivity contribution in [3.05, 3.63) is 69.8 Å². The number of morpholine rings is 1. The smallest absolute Gasteiger partial charge is 0.283 e. The monoisotopic (exact) mass is 408 g/mol. The molecule has 6 heteroatoms. The summed E-state index contributed by atoms with van der Waals surface area (Å²) in [6.45, 7) is 8.28. The molecule has 0 N–H and O–H groups in total. The number of rotatable bonds is 4. The number of carbonyl (C=O) groups excluding carboxylic acids is 2. The highest BCUT2D eigenvalue weighted by Crippen LogP contribution is 2.39. The van der Waals surface area contributed by atoms with E-state index in [4.69, 9.17) is 4.74 Å². The number of hydrogen-bond donors (Lipinski definition) is 0. The molecule has 2 aliphatic rings. The minimum absolute atomic E-state index is 0.253. The average molecular weight is 409 g/mol. The van der Waals surface area contributed by atoms with Gasteiger partial charge in [-0.2, -0.15) is 0 Å². The topological polar surface area (TPSA) is 49.9 Å². The molecule has 2 amide bonds. The van der Waals surface area contributed by atoms with Crippen molar-refractivity contribution < 1.29 is 14.3 Å². The maximum Gasteiger partial charge on any atom is 0.283 e. The van der Waals surface area contributed by atoms with Crippen molar-refractivity contribution in [2.24, 2.45) is 0 Å². The SMILES string of the molecule is Cc1ccc(SC2=C(N3CCOCC3)C(=O)N(c3cc(C)cc(C)c3)C2=O)cc1. The zero-order chi connectivity index (χ0) is 20.5. The molecule has 0 radical (unpaired) electrons. The molecular weight excluding hydrogens is 384 g/mol. The van der Waals surface area contributed by atoms with Gasteiger partial charge in [0.2, 0.25) is 0 Å². The lowest BCUT2D eigenvalue weighted by molar-refractivity contribution is -0.121. The largest absolute Gasteiger partial charge is 0.378 e. The highest BCUT2D eigenvalue weighted by Gasteiger charge is 2.42. The summed E-state index contributed by atoms with van der Waals surface area (Å²) in [6, 6.07) is 13.8. The lowest BCUT2D eigenvalue weighted by atomic mass is 10.1. The van der Waals surface area contributed by atoms with Crippen molar-refractivity contribution in [2.45, 2.75) is 25.7 Å². The van der Waals surface area contributed by atoms with E-state index >= 15 is 0 Å². The number of hydrogen-bond acceptors (Lipinski definition) is 5. The number of anilines is 1. The number of aryl methyl sites for hydroxylation is 3. The Kier molecular flexibility index (Phi) is 5.48. The van der Waals surface area contributed by atoms with Crippen LogP contribution >= 0.6 is 11.8 Å². The molecule has 2 heterocycles. The Hall–Kier alpha value is -2.57. The van der Waals surface area contributed by atoms with Gasteiger partial charge in [0.25, 0.3) is 11.8 Å². The predicted molar refractivity (Wildman–Crippen MR) is 115 cm³/mol. The van der Waals surface area contributed by atoms with Crippen molar-refractivity contribution >= 4 is 29.3 Å². The van der Waals surface area contributed by atoms with Crippen LogP contribution < -0.4 is 4.90 Å². The van der Waals surface area contributed by atoms with Crippen molar-refractivity contribution in [3.8, 4) is 0 Å². The Morgan fingerprint density at radius 1 is 0.828 bits per heavy atom. The van der Waals surface area contributed by atoms with Gasteiger partial charge in [0, 0.05) is 18.0 Å². The van der Waals surface area contributed by atoms with Crippen LogP contribution in [-0.4, -0.2) is 43.0 Å². The van der Waals surface area contributed by atoms with Gasteiger partial charge in [-0.3, -0.25) is 9.59 Å². The molecule has 0 unspecified atom stereocenters. The fourth-order valence-electron chi connectivity index (χ4n) is 3.69. The Morgan fingerprint density at radius 3 is 2.07 bits per heavy atom. The Balaban J connectivity index is 1.75. The van der Waals surface area contributed by atoms with Crippen LogP contribution in [-0.2, 0) is 14.3 Å². The number of ether oxygens (including phenoxy) is 1. The number of thioether (sulfide) groups is 1. The van der Waals surface area contributed by atoms with E-state index in [2.05, 4.69) is 0 Å². The minimum Gasteiger partial charge on any atom is -0.378 e. The second-order valence-electron chi connectivity index (χ2n) is 7.48. The van der Waals surface area contributed by atoms with E-state index in [0.29, 0.717) is 42.6 Å². The van der Waals surface area contributed by atoms with E-state index in [1.165, 1.54) is 16.7 Å². The third-order valence-corrected chi connectivity index (χ3v) is 6.13. The van der Waals surface area contributed by atoms with E-state index in [-0.39, 0.29) is 11.8 Å². The van der Waals surface area contributed by atoms with Gasteiger partial charge in [0.05, 0.1) is 18.9 Å². The number of nitrogens with zero attached hydrogens (tertiary/aromatic N) is 2. The number of amides is 2. The van der Waals surface area contributed by atoms with Gasteiger partial charge in [-0.15, -0.1) is 0 Å². The van der Waals surface area contributed by atoms with Crippen LogP contribution in [0.15, 0.2) is 58.0 Å². The standard InChI is InChI=1S/C23H24N2O3S/c1-15-4-6-19(7-5-15)29-21-20(24-8-10-28-11-9-24)22(26)25(23(21)27)18-13-16(2)12-17(3)14-18/h4-7,12-14H,8-11H2,1-3H3. The molecule has 150 valence electrons. The second kappa shape index (κ2) is 8.05. The van der Waals surface area contributed by atoms with Crippen LogP contribution in [0.4, 0.5) is 5.69 Å². The summed E-state index contributed by atoms with van der Waals surface area (Å²) in [6.07, 6.45) is 0. The molecule has 2 aromatic rings. The first-order valence-electron chi connectivity index (χ1n) is 9.72.